The molecular formula is C27H34F3N3O3S. The molecule has 1 heterocycles. The first-order valence-electron chi connectivity index (χ1n) is 12.7. The van der Waals surface area contributed by atoms with E-state index in [-0.39, 0.29) is 24.9 Å². The highest BCUT2D eigenvalue weighted by atomic mass is 32.2. The fraction of sp³-hybridized carbons (Fsp3) is 0.519. The number of nitrogens with zero attached hydrogens (tertiary/aromatic N) is 2. The minimum Gasteiger partial charge on any atom is -0.349 e. The average Bonchev–Trinajstić information content (AvgIpc) is 2.83. The van der Waals surface area contributed by atoms with Gasteiger partial charge in [-0.05, 0) is 81.1 Å². The fourth-order valence-corrected chi connectivity index (χ4v) is 7.15. The first kappa shape index (κ1) is 27.6. The summed E-state index contributed by atoms with van der Waals surface area (Å²) < 4.78 is 67.5. The van der Waals surface area contributed by atoms with E-state index in [1.807, 2.05) is 14.1 Å². The molecule has 4 rings (SSSR count). The average molecular weight is 538 g/mol. The van der Waals surface area contributed by atoms with Crippen LogP contribution in [-0.2, 0) is 34.0 Å². The van der Waals surface area contributed by atoms with E-state index in [0.717, 1.165) is 49.9 Å². The molecule has 37 heavy (non-hydrogen) atoms. The number of sulfonamides is 1. The van der Waals surface area contributed by atoms with Crippen molar-refractivity contribution < 1.29 is 26.4 Å². The summed E-state index contributed by atoms with van der Waals surface area (Å²) in [6.45, 7) is 1.01. The van der Waals surface area contributed by atoms with E-state index in [0.29, 0.717) is 18.9 Å². The highest BCUT2D eigenvalue weighted by Gasteiger charge is 2.37. The van der Waals surface area contributed by atoms with Crippen LogP contribution in [0.3, 0.4) is 0 Å². The molecule has 0 spiro atoms. The van der Waals surface area contributed by atoms with Gasteiger partial charge < -0.3 is 10.2 Å². The van der Waals surface area contributed by atoms with Crippen molar-refractivity contribution in [3.8, 4) is 0 Å². The zero-order valence-corrected chi connectivity index (χ0v) is 22.0. The second-order valence-corrected chi connectivity index (χ2v) is 12.2. The second-order valence-electron chi connectivity index (χ2n) is 10.3. The Bertz CT molecular complexity index is 1230. The van der Waals surface area contributed by atoms with Gasteiger partial charge in [-0.2, -0.15) is 17.5 Å². The zero-order valence-electron chi connectivity index (χ0n) is 21.2. The Kier molecular flexibility index (Phi) is 8.30. The molecule has 6 nitrogen and oxygen atoms in total. The molecule has 0 aromatic heterocycles. The van der Waals surface area contributed by atoms with Crippen LogP contribution in [0.4, 0.5) is 13.2 Å². The summed E-state index contributed by atoms with van der Waals surface area (Å²) in [5.41, 5.74) is 2.53. The van der Waals surface area contributed by atoms with Gasteiger partial charge in [0.1, 0.15) is 0 Å². The van der Waals surface area contributed by atoms with Crippen LogP contribution in [0.1, 0.15) is 66.8 Å². The summed E-state index contributed by atoms with van der Waals surface area (Å²) in [6, 6.07) is 9.41. The van der Waals surface area contributed by atoms with E-state index in [2.05, 4.69) is 28.4 Å². The van der Waals surface area contributed by atoms with Gasteiger partial charge in [0.25, 0.3) is 0 Å². The quantitative estimate of drug-likeness (QED) is 0.546. The number of aryl methyl sites for hydroxylation is 1. The summed E-state index contributed by atoms with van der Waals surface area (Å²) in [4.78, 5) is 14.8. The highest BCUT2D eigenvalue weighted by molar-refractivity contribution is 7.89. The lowest BCUT2D eigenvalue weighted by Crippen LogP contribution is -2.46. The van der Waals surface area contributed by atoms with Gasteiger partial charge >= 0.3 is 6.18 Å². The molecule has 2 atom stereocenters. The van der Waals surface area contributed by atoms with Gasteiger partial charge in [0.15, 0.2) is 0 Å². The van der Waals surface area contributed by atoms with Crippen LogP contribution < -0.4 is 5.32 Å². The Morgan fingerprint density at radius 1 is 1.08 bits per heavy atom. The van der Waals surface area contributed by atoms with Crippen molar-refractivity contribution in [3.63, 3.8) is 0 Å². The number of halogens is 3. The summed E-state index contributed by atoms with van der Waals surface area (Å²) in [7, 11) is -0.151. The van der Waals surface area contributed by atoms with E-state index in [4.69, 9.17) is 0 Å². The lowest BCUT2D eigenvalue weighted by molar-refractivity contribution is -0.137. The monoisotopic (exact) mass is 537 g/mol. The summed E-state index contributed by atoms with van der Waals surface area (Å²) in [5, 5.41) is 3.10. The van der Waals surface area contributed by atoms with E-state index >= 15 is 0 Å². The molecule has 2 aliphatic rings. The largest absolute Gasteiger partial charge is 0.416 e. The van der Waals surface area contributed by atoms with Crippen LogP contribution in [-0.4, -0.2) is 50.2 Å². The summed E-state index contributed by atoms with van der Waals surface area (Å²) in [6.07, 6.45) is -0.116. The number of fused-ring (bicyclic) bond motifs is 1. The molecule has 2 aromatic rings. The molecule has 0 saturated carbocycles. The number of alkyl halides is 3. The first-order valence-corrected chi connectivity index (χ1v) is 14.1. The van der Waals surface area contributed by atoms with Gasteiger partial charge in [0, 0.05) is 25.6 Å². The molecular weight excluding hydrogens is 503 g/mol. The third-order valence-corrected chi connectivity index (χ3v) is 9.07. The van der Waals surface area contributed by atoms with E-state index in [1.54, 1.807) is 0 Å². The third kappa shape index (κ3) is 6.53. The predicted octanol–water partition coefficient (Wildman–Crippen LogP) is 4.89. The van der Waals surface area contributed by atoms with Crippen LogP contribution in [0.25, 0.3) is 0 Å². The number of hydrogen-bond donors (Lipinski definition) is 1. The van der Waals surface area contributed by atoms with Crippen molar-refractivity contribution in [2.24, 2.45) is 0 Å². The number of nitrogens with one attached hydrogen (secondary N) is 1. The Labute approximate surface area is 216 Å². The number of piperidine rings is 1. The Morgan fingerprint density at radius 2 is 1.86 bits per heavy atom. The molecule has 2 aromatic carbocycles. The minimum atomic E-state index is -4.64. The first-order chi connectivity index (χ1) is 17.4. The van der Waals surface area contributed by atoms with E-state index in [1.165, 1.54) is 21.5 Å². The summed E-state index contributed by atoms with van der Waals surface area (Å²) >= 11 is 0. The topological polar surface area (TPSA) is 69.7 Å². The van der Waals surface area contributed by atoms with Crippen LogP contribution in [0, 0.1) is 0 Å². The van der Waals surface area contributed by atoms with Crippen molar-refractivity contribution >= 4 is 15.9 Å². The molecule has 1 aliphatic heterocycles. The van der Waals surface area contributed by atoms with Crippen molar-refractivity contribution in [3.05, 3.63) is 64.7 Å². The van der Waals surface area contributed by atoms with Gasteiger partial charge in [-0.1, -0.05) is 30.7 Å². The maximum Gasteiger partial charge on any atom is 0.416 e. The van der Waals surface area contributed by atoms with Gasteiger partial charge in [-0.15, -0.1) is 0 Å². The number of rotatable bonds is 7. The highest BCUT2D eigenvalue weighted by Crippen LogP contribution is 2.34. The van der Waals surface area contributed by atoms with Gasteiger partial charge in [-0.3, -0.25) is 4.79 Å². The molecule has 0 bridgehead atoms. The van der Waals surface area contributed by atoms with E-state index in [9.17, 15) is 26.4 Å². The predicted molar refractivity (Wildman–Crippen MR) is 135 cm³/mol. The molecule has 1 saturated heterocycles. The Morgan fingerprint density at radius 3 is 2.59 bits per heavy atom. The summed E-state index contributed by atoms with van der Waals surface area (Å²) in [5.74, 6) is -0.244. The van der Waals surface area contributed by atoms with Crippen molar-refractivity contribution in [2.75, 3.05) is 20.6 Å². The van der Waals surface area contributed by atoms with Gasteiger partial charge in [0.2, 0.25) is 15.9 Å². The van der Waals surface area contributed by atoms with E-state index < -0.39 is 32.7 Å². The van der Waals surface area contributed by atoms with Crippen molar-refractivity contribution in [1.29, 1.82) is 0 Å². The third-order valence-electron chi connectivity index (χ3n) is 7.12. The van der Waals surface area contributed by atoms with Crippen LogP contribution in [0.2, 0.25) is 0 Å². The minimum absolute atomic E-state index is 0.0251. The fourth-order valence-electron chi connectivity index (χ4n) is 5.41. The smallest absolute Gasteiger partial charge is 0.349 e. The number of carbonyl (C=O) groups is 1. The normalized spacial score (nSPS) is 21.0. The van der Waals surface area contributed by atoms with Crippen molar-refractivity contribution in [1.82, 2.24) is 14.5 Å². The number of amides is 1. The van der Waals surface area contributed by atoms with Crippen LogP contribution in [0.15, 0.2) is 47.4 Å². The number of hydrogen-bond acceptors (Lipinski definition) is 4. The Balaban J connectivity index is 1.48. The molecule has 1 fully saturated rings. The lowest BCUT2D eigenvalue weighted by Gasteiger charge is -2.35. The molecule has 1 N–H and O–H groups in total. The standard InChI is InChI=1S/C27H34F3N3O3S/c1-32(2)18-19-12-13-24-20(15-19)7-5-11-25(24)31-26(34)17-22-9-3-4-14-33(22)37(35,36)23-10-6-8-21(16-23)27(28,29)30/h6,8,10,12-13,15-16,22,25H,3-5,7,9,11,14,17-18H2,1-2H3,(H,31,34)/t22-,25+/m0/s1. The molecule has 0 radical (unpaired) electrons. The zero-order chi connectivity index (χ0) is 26.8. The van der Waals surface area contributed by atoms with Gasteiger partial charge in [-0.25, -0.2) is 8.42 Å². The maximum absolute atomic E-state index is 13.3. The second kappa shape index (κ2) is 11.1. The lowest BCUT2D eigenvalue weighted by atomic mass is 9.86. The Hall–Kier alpha value is -2.43. The molecule has 10 heteroatoms. The van der Waals surface area contributed by atoms with Crippen molar-refractivity contribution in [2.45, 2.75) is 74.6 Å². The SMILES string of the molecule is CN(C)Cc1ccc2c(c1)CCC[C@H]2NC(=O)C[C@@H]1CCCCN1S(=O)(=O)c1cccc(C(F)(F)F)c1. The molecule has 1 amide bonds. The molecule has 202 valence electrons. The molecule has 0 unspecified atom stereocenters. The molecule has 1 aliphatic carbocycles. The number of benzene rings is 2. The van der Waals surface area contributed by atoms with Gasteiger partial charge in [0.05, 0.1) is 16.5 Å². The van der Waals surface area contributed by atoms with Crippen LogP contribution in [0.5, 0.6) is 0 Å². The number of carbonyl (C=O) groups excluding carboxylic acids is 1. The maximum atomic E-state index is 13.3. The van der Waals surface area contributed by atoms with Crippen LogP contribution >= 0.6 is 0 Å².